The van der Waals surface area contributed by atoms with Crippen molar-refractivity contribution < 1.29 is 0 Å². The van der Waals surface area contributed by atoms with E-state index in [1.807, 2.05) is 0 Å². The van der Waals surface area contributed by atoms with Crippen molar-refractivity contribution >= 4 is 0 Å². The summed E-state index contributed by atoms with van der Waals surface area (Å²) in [5.41, 5.74) is 8.89. The lowest BCUT2D eigenvalue weighted by atomic mass is 9.70. The van der Waals surface area contributed by atoms with E-state index in [4.69, 9.17) is 0 Å². The van der Waals surface area contributed by atoms with E-state index in [0.29, 0.717) is 0 Å². The monoisotopic (exact) mass is 502 g/mol. The minimum absolute atomic E-state index is 0.0550. The Morgan fingerprint density at radius 3 is 1.00 bits per heavy atom. The number of hydrogen-bond acceptors (Lipinski definition) is 0. The molecule has 0 heteroatoms. The lowest BCUT2D eigenvalue weighted by Crippen LogP contribution is -2.26. The molecule has 0 aliphatic heterocycles. The Balaban J connectivity index is 2.67. The molecule has 0 saturated heterocycles. The number of benzene rings is 2. The molecule has 0 amide bonds. The highest BCUT2D eigenvalue weighted by molar-refractivity contribution is 5.42. The molecular weight excluding hydrogens is 444 g/mol. The van der Waals surface area contributed by atoms with Gasteiger partial charge in [-0.25, -0.2) is 0 Å². The van der Waals surface area contributed by atoms with Crippen LogP contribution in [0.4, 0.5) is 0 Å². The van der Waals surface area contributed by atoms with Crippen LogP contribution in [0.15, 0.2) is 24.3 Å². The summed E-state index contributed by atoms with van der Waals surface area (Å²) in [5, 5.41) is 0. The minimum atomic E-state index is 0.0550. The number of rotatable bonds is 6. The first-order chi connectivity index (χ1) is 16.3. The SMILES string of the molecule is CC(C)(C)CC(C)(C)c1cc(Cc2[c]c(C(C)(C)C)cc(C(C)(C)CC(C)(C)C)c2)[c]c(C(C)(C)C)c1. The van der Waals surface area contributed by atoms with Crippen molar-refractivity contribution in [3.8, 4) is 0 Å². The van der Waals surface area contributed by atoms with E-state index in [-0.39, 0.29) is 32.5 Å². The molecule has 0 aliphatic carbocycles. The van der Waals surface area contributed by atoms with Crippen molar-refractivity contribution in [3.05, 3.63) is 69.8 Å². The van der Waals surface area contributed by atoms with Gasteiger partial charge in [0.05, 0.1) is 0 Å². The van der Waals surface area contributed by atoms with Crippen molar-refractivity contribution in [3.63, 3.8) is 0 Å². The molecule has 206 valence electrons. The second kappa shape index (κ2) is 10.2. The molecule has 0 N–H and O–H groups in total. The summed E-state index contributed by atoms with van der Waals surface area (Å²) in [7, 11) is 0. The summed E-state index contributed by atoms with van der Waals surface area (Å²) < 4.78 is 0. The van der Waals surface area contributed by atoms with Gasteiger partial charge in [-0.2, -0.15) is 0 Å². The van der Waals surface area contributed by atoms with Crippen LogP contribution in [0.3, 0.4) is 0 Å². The zero-order chi connectivity index (χ0) is 28.8. The highest BCUT2D eigenvalue weighted by atomic mass is 14.4. The van der Waals surface area contributed by atoms with Gasteiger partial charge in [-0.1, -0.05) is 135 Å². The maximum Gasteiger partial charge on any atom is -0.00130 e. The van der Waals surface area contributed by atoms with Gasteiger partial charge in [0.1, 0.15) is 0 Å². The Morgan fingerprint density at radius 1 is 0.459 bits per heavy atom. The first-order valence-corrected chi connectivity index (χ1v) is 14.4. The third kappa shape index (κ3) is 9.30. The average Bonchev–Trinajstić information content (AvgIpc) is 2.62. The van der Waals surface area contributed by atoms with Gasteiger partial charge in [0.2, 0.25) is 0 Å². The molecule has 0 nitrogen and oxygen atoms in total. The molecule has 37 heavy (non-hydrogen) atoms. The fourth-order valence-corrected chi connectivity index (χ4v) is 6.10. The third-order valence-electron chi connectivity index (χ3n) is 7.35. The largest absolute Gasteiger partial charge is 0.0601 e. The topological polar surface area (TPSA) is 0 Å². The predicted molar refractivity (Wildman–Crippen MR) is 165 cm³/mol. The Kier molecular flexibility index (Phi) is 8.73. The van der Waals surface area contributed by atoms with Gasteiger partial charge in [-0.3, -0.25) is 0 Å². The van der Waals surface area contributed by atoms with Gasteiger partial charge in [0, 0.05) is 0 Å². The van der Waals surface area contributed by atoms with E-state index in [1.165, 1.54) is 33.4 Å². The highest BCUT2D eigenvalue weighted by Crippen LogP contribution is 2.40. The Morgan fingerprint density at radius 2 is 0.757 bits per heavy atom. The van der Waals surface area contributed by atoms with E-state index in [0.717, 1.165) is 19.3 Å². The molecule has 0 spiro atoms. The summed E-state index contributed by atoms with van der Waals surface area (Å²) >= 11 is 0. The van der Waals surface area contributed by atoms with Crippen LogP contribution in [-0.2, 0) is 28.1 Å². The molecule has 2 radical (unpaired) electrons. The van der Waals surface area contributed by atoms with Crippen LogP contribution in [0.2, 0.25) is 0 Å². The molecule has 0 atom stereocenters. The molecule has 2 rings (SSSR count). The number of hydrogen-bond donors (Lipinski definition) is 0. The van der Waals surface area contributed by atoms with Crippen LogP contribution in [0, 0.1) is 23.0 Å². The molecule has 0 aliphatic rings. The van der Waals surface area contributed by atoms with E-state index in [1.54, 1.807) is 0 Å². The van der Waals surface area contributed by atoms with Gasteiger partial charge >= 0.3 is 0 Å². The molecule has 0 bridgehead atoms. The second-order valence-corrected chi connectivity index (χ2v) is 17.5. The van der Waals surface area contributed by atoms with Crippen LogP contribution in [0.5, 0.6) is 0 Å². The summed E-state index contributed by atoms with van der Waals surface area (Å²) in [6, 6.07) is 17.4. The minimum Gasteiger partial charge on any atom is -0.0601 e. The van der Waals surface area contributed by atoms with E-state index in [2.05, 4.69) is 147 Å². The fourth-order valence-electron chi connectivity index (χ4n) is 6.10. The molecule has 2 aromatic carbocycles. The smallest absolute Gasteiger partial charge is 0.00130 e. The molecule has 0 aromatic heterocycles. The predicted octanol–water partition coefficient (Wildman–Crippen LogP) is 10.9. The highest BCUT2D eigenvalue weighted by Gasteiger charge is 2.31. The third-order valence-corrected chi connectivity index (χ3v) is 7.35. The summed E-state index contributed by atoms with van der Waals surface area (Å²) in [5.74, 6) is 0. The van der Waals surface area contributed by atoms with Crippen molar-refractivity contribution in [1.29, 1.82) is 0 Å². The first kappa shape index (κ1) is 31.7. The summed E-state index contributed by atoms with van der Waals surface area (Å²) in [6.45, 7) is 37.6. The van der Waals surface area contributed by atoms with Crippen LogP contribution in [-0.4, -0.2) is 0 Å². The van der Waals surface area contributed by atoms with Gasteiger partial charge in [0.25, 0.3) is 0 Å². The standard InChI is InChI=1S/C37H58/c1-32(2,3)24-36(13,14)30-20-26(18-28(22-30)34(7,8)9)17-27-19-29(35(10,11)12)23-31(21-27)37(15,16)25-33(4,5)6/h20-23H,17,24-25H2,1-16H3. The summed E-state index contributed by atoms with van der Waals surface area (Å²) in [6.07, 6.45) is 3.15. The fraction of sp³-hybridized carbons (Fsp3) is 0.676. The van der Waals surface area contributed by atoms with Gasteiger partial charge in [-0.15, -0.1) is 0 Å². The van der Waals surface area contributed by atoms with Gasteiger partial charge in [0.15, 0.2) is 0 Å². The Bertz CT molecular complexity index is 975. The normalized spacial score (nSPS) is 14.3. The Labute approximate surface area is 232 Å². The molecule has 0 saturated carbocycles. The molecule has 0 heterocycles. The van der Waals surface area contributed by atoms with E-state index < -0.39 is 0 Å². The quantitative estimate of drug-likeness (QED) is 0.368. The van der Waals surface area contributed by atoms with Crippen LogP contribution >= 0.6 is 0 Å². The lowest BCUT2D eigenvalue weighted by molar-refractivity contribution is 0.283. The molecular formula is C37H58. The maximum absolute atomic E-state index is 3.84. The summed E-state index contributed by atoms with van der Waals surface area (Å²) in [4.78, 5) is 0. The molecule has 0 unspecified atom stereocenters. The van der Waals surface area contributed by atoms with Crippen LogP contribution in [0.1, 0.15) is 157 Å². The zero-order valence-corrected chi connectivity index (χ0v) is 27.4. The van der Waals surface area contributed by atoms with Gasteiger partial charge < -0.3 is 0 Å². The van der Waals surface area contributed by atoms with Crippen molar-refractivity contribution in [1.82, 2.24) is 0 Å². The molecule has 0 fully saturated rings. The lowest BCUT2D eigenvalue weighted by Gasteiger charge is -2.35. The van der Waals surface area contributed by atoms with E-state index in [9.17, 15) is 0 Å². The van der Waals surface area contributed by atoms with Crippen molar-refractivity contribution in [2.24, 2.45) is 10.8 Å². The van der Waals surface area contributed by atoms with Gasteiger partial charge in [-0.05, 0) is 97.3 Å². The van der Waals surface area contributed by atoms with Crippen molar-refractivity contribution in [2.75, 3.05) is 0 Å². The second-order valence-electron chi connectivity index (χ2n) is 17.5. The zero-order valence-electron chi connectivity index (χ0n) is 27.4. The van der Waals surface area contributed by atoms with Crippen LogP contribution in [0.25, 0.3) is 0 Å². The Hall–Kier alpha value is -1.56. The van der Waals surface area contributed by atoms with E-state index >= 15 is 0 Å². The first-order valence-electron chi connectivity index (χ1n) is 14.4. The van der Waals surface area contributed by atoms with Crippen LogP contribution < -0.4 is 0 Å². The molecule has 2 aromatic rings. The maximum atomic E-state index is 3.84. The average molecular weight is 503 g/mol. The van der Waals surface area contributed by atoms with Crippen molar-refractivity contribution in [2.45, 2.75) is 152 Å².